The van der Waals surface area contributed by atoms with Crippen molar-refractivity contribution in [3.63, 3.8) is 0 Å². The second kappa shape index (κ2) is 7.59. The second-order valence-electron chi connectivity index (χ2n) is 8.16. The molecule has 0 fully saturated rings. The van der Waals surface area contributed by atoms with Crippen LogP contribution in [0.4, 0.5) is 11.4 Å². The molecule has 0 bridgehead atoms. The van der Waals surface area contributed by atoms with Gasteiger partial charge in [0.2, 0.25) is 0 Å². The highest BCUT2D eigenvalue weighted by Gasteiger charge is 2.34. The quantitative estimate of drug-likeness (QED) is 0.477. The zero-order chi connectivity index (χ0) is 20.6. The number of ether oxygens (including phenoxy) is 1. The predicted molar refractivity (Wildman–Crippen MR) is 117 cm³/mol. The van der Waals surface area contributed by atoms with Crippen molar-refractivity contribution in [1.82, 2.24) is 0 Å². The Bertz CT molecular complexity index is 950. The number of carbonyl (C=O) groups excluding carboxylic acids is 1. The Hall–Kier alpha value is -2.33. The SMILES string of the molecule is COC(=O)c1ccc(N=Cc2cc3c(cc2Cl)N(C)C(C)(C)CC3C)c(C)c1. The number of halogens is 1. The average molecular weight is 399 g/mol. The molecule has 0 saturated carbocycles. The van der Waals surface area contributed by atoms with Crippen LogP contribution in [-0.2, 0) is 4.74 Å². The standard InChI is InChI=1S/C23H27ClN2O2/c1-14-9-16(22(27)28-6)7-8-20(14)25-13-17-10-18-15(2)12-23(3,4)26(5)21(18)11-19(17)24/h7-11,13,15H,12H2,1-6H3. The summed E-state index contributed by atoms with van der Waals surface area (Å²) in [6.45, 7) is 8.71. The van der Waals surface area contributed by atoms with E-state index in [1.807, 2.05) is 19.1 Å². The van der Waals surface area contributed by atoms with Crippen LogP contribution in [0.3, 0.4) is 0 Å². The minimum atomic E-state index is -0.350. The number of hydrogen-bond donors (Lipinski definition) is 0. The number of benzene rings is 2. The van der Waals surface area contributed by atoms with Gasteiger partial charge in [0.1, 0.15) is 0 Å². The lowest BCUT2D eigenvalue weighted by Crippen LogP contribution is -2.45. The van der Waals surface area contributed by atoms with E-state index in [0.717, 1.165) is 23.2 Å². The second-order valence-corrected chi connectivity index (χ2v) is 8.57. The van der Waals surface area contributed by atoms with Gasteiger partial charge in [0.25, 0.3) is 0 Å². The van der Waals surface area contributed by atoms with E-state index in [2.05, 4.69) is 43.8 Å². The van der Waals surface area contributed by atoms with E-state index in [1.165, 1.54) is 18.4 Å². The lowest BCUT2D eigenvalue weighted by molar-refractivity contribution is 0.0600. The summed E-state index contributed by atoms with van der Waals surface area (Å²) in [5.74, 6) is 0.101. The fourth-order valence-corrected chi connectivity index (χ4v) is 4.09. The van der Waals surface area contributed by atoms with Crippen molar-refractivity contribution in [3.05, 3.63) is 57.6 Å². The number of aryl methyl sites for hydroxylation is 1. The maximum atomic E-state index is 11.7. The Morgan fingerprint density at radius 1 is 1.32 bits per heavy atom. The Balaban J connectivity index is 1.94. The number of methoxy groups -OCH3 is 1. The molecule has 0 aliphatic carbocycles. The summed E-state index contributed by atoms with van der Waals surface area (Å²) in [6.07, 6.45) is 2.89. The zero-order valence-electron chi connectivity index (χ0n) is 17.3. The van der Waals surface area contributed by atoms with Crippen LogP contribution in [0, 0.1) is 6.92 Å². The molecule has 1 atom stereocenters. The highest BCUT2D eigenvalue weighted by Crippen LogP contribution is 2.44. The van der Waals surface area contributed by atoms with E-state index >= 15 is 0 Å². The molecule has 0 amide bonds. The van der Waals surface area contributed by atoms with Crippen molar-refractivity contribution >= 4 is 35.2 Å². The van der Waals surface area contributed by atoms with Crippen molar-refractivity contribution in [2.45, 2.75) is 45.6 Å². The van der Waals surface area contributed by atoms with E-state index < -0.39 is 0 Å². The number of esters is 1. The lowest BCUT2D eigenvalue weighted by Gasteiger charge is -2.45. The molecule has 0 spiro atoms. The molecule has 1 heterocycles. The molecule has 5 heteroatoms. The molecule has 0 radical (unpaired) electrons. The van der Waals surface area contributed by atoms with Crippen LogP contribution in [0.5, 0.6) is 0 Å². The largest absolute Gasteiger partial charge is 0.465 e. The van der Waals surface area contributed by atoms with Gasteiger partial charge in [-0.25, -0.2) is 4.79 Å². The summed E-state index contributed by atoms with van der Waals surface area (Å²) in [6, 6.07) is 9.52. The molecule has 1 aliphatic rings. The smallest absolute Gasteiger partial charge is 0.337 e. The van der Waals surface area contributed by atoms with Gasteiger partial charge in [0.15, 0.2) is 0 Å². The average Bonchev–Trinajstić information content (AvgIpc) is 2.64. The van der Waals surface area contributed by atoms with Gasteiger partial charge in [-0.15, -0.1) is 0 Å². The van der Waals surface area contributed by atoms with Gasteiger partial charge in [-0.3, -0.25) is 4.99 Å². The number of fused-ring (bicyclic) bond motifs is 1. The molecular weight excluding hydrogens is 372 g/mol. The molecule has 3 rings (SSSR count). The van der Waals surface area contributed by atoms with Crippen LogP contribution < -0.4 is 4.90 Å². The van der Waals surface area contributed by atoms with Crippen LogP contribution >= 0.6 is 11.6 Å². The maximum absolute atomic E-state index is 11.7. The number of hydrogen-bond acceptors (Lipinski definition) is 4. The summed E-state index contributed by atoms with van der Waals surface area (Å²) in [5, 5.41) is 0.683. The number of nitrogens with zero attached hydrogens (tertiary/aromatic N) is 2. The number of rotatable bonds is 3. The van der Waals surface area contributed by atoms with Gasteiger partial charge in [-0.05, 0) is 74.6 Å². The number of aliphatic imine (C=N–C) groups is 1. The first kappa shape index (κ1) is 20.4. The third-order valence-corrected chi connectivity index (χ3v) is 6.04. The first-order valence-corrected chi connectivity index (χ1v) is 9.82. The molecular formula is C23H27ClN2O2. The van der Waals surface area contributed by atoms with Gasteiger partial charge >= 0.3 is 5.97 Å². The maximum Gasteiger partial charge on any atom is 0.337 e. The van der Waals surface area contributed by atoms with Crippen molar-refractivity contribution in [3.8, 4) is 0 Å². The van der Waals surface area contributed by atoms with E-state index in [9.17, 15) is 4.79 Å². The Kier molecular flexibility index (Phi) is 5.53. The molecule has 0 saturated heterocycles. The van der Waals surface area contributed by atoms with Crippen molar-refractivity contribution in [1.29, 1.82) is 0 Å². The lowest BCUT2D eigenvalue weighted by atomic mass is 9.80. The van der Waals surface area contributed by atoms with Crippen molar-refractivity contribution in [2.24, 2.45) is 4.99 Å². The highest BCUT2D eigenvalue weighted by atomic mass is 35.5. The summed E-state index contributed by atoms with van der Waals surface area (Å²) in [5.41, 5.74) is 5.71. The van der Waals surface area contributed by atoms with E-state index in [4.69, 9.17) is 16.3 Å². The van der Waals surface area contributed by atoms with Crippen LogP contribution in [0.25, 0.3) is 0 Å². The molecule has 2 aromatic carbocycles. The normalized spacial score (nSPS) is 18.2. The number of anilines is 1. The molecule has 2 aromatic rings. The summed E-state index contributed by atoms with van der Waals surface area (Å²) in [4.78, 5) is 18.6. The topological polar surface area (TPSA) is 41.9 Å². The molecule has 28 heavy (non-hydrogen) atoms. The monoisotopic (exact) mass is 398 g/mol. The van der Waals surface area contributed by atoms with Crippen LogP contribution in [0.1, 0.15) is 60.2 Å². The van der Waals surface area contributed by atoms with Crippen LogP contribution in [-0.4, -0.2) is 31.9 Å². The number of carbonyl (C=O) groups is 1. The summed E-state index contributed by atoms with van der Waals surface area (Å²) >= 11 is 6.58. The van der Waals surface area contributed by atoms with Gasteiger partial charge in [-0.2, -0.15) is 0 Å². The first-order chi connectivity index (χ1) is 13.1. The Morgan fingerprint density at radius 3 is 2.68 bits per heavy atom. The van der Waals surface area contributed by atoms with Crippen LogP contribution in [0.15, 0.2) is 35.3 Å². The summed E-state index contributed by atoms with van der Waals surface area (Å²) < 4.78 is 4.76. The molecule has 1 unspecified atom stereocenters. The minimum Gasteiger partial charge on any atom is -0.465 e. The Morgan fingerprint density at radius 2 is 2.04 bits per heavy atom. The van der Waals surface area contributed by atoms with Crippen LogP contribution in [0.2, 0.25) is 5.02 Å². The third-order valence-electron chi connectivity index (χ3n) is 5.71. The minimum absolute atomic E-state index is 0.101. The highest BCUT2D eigenvalue weighted by molar-refractivity contribution is 6.33. The third kappa shape index (κ3) is 3.79. The molecule has 148 valence electrons. The van der Waals surface area contributed by atoms with E-state index in [-0.39, 0.29) is 11.5 Å². The predicted octanol–water partition coefficient (Wildman–Crippen LogP) is 5.91. The Labute approximate surface area is 172 Å². The van der Waals surface area contributed by atoms with E-state index in [0.29, 0.717) is 16.5 Å². The van der Waals surface area contributed by atoms with Gasteiger partial charge in [0.05, 0.1) is 23.4 Å². The first-order valence-electron chi connectivity index (χ1n) is 9.44. The van der Waals surface area contributed by atoms with Gasteiger partial charge in [0, 0.05) is 30.1 Å². The molecule has 0 N–H and O–H groups in total. The fourth-order valence-electron chi connectivity index (χ4n) is 3.89. The fraction of sp³-hybridized carbons (Fsp3) is 0.391. The molecule has 4 nitrogen and oxygen atoms in total. The van der Waals surface area contributed by atoms with Crippen molar-refractivity contribution in [2.75, 3.05) is 19.1 Å². The summed E-state index contributed by atoms with van der Waals surface area (Å²) in [7, 11) is 3.50. The van der Waals surface area contributed by atoms with Gasteiger partial charge in [-0.1, -0.05) is 18.5 Å². The zero-order valence-corrected chi connectivity index (χ0v) is 18.1. The van der Waals surface area contributed by atoms with Gasteiger partial charge < -0.3 is 9.64 Å². The van der Waals surface area contributed by atoms with E-state index in [1.54, 1.807) is 18.3 Å². The molecule has 1 aliphatic heterocycles. The molecule has 0 aromatic heterocycles. The van der Waals surface area contributed by atoms with Crippen molar-refractivity contribution < 1.29 is 9.53 Å².